The van der Waals surface area contributed by atoms with Gasteiger partial charge in [-0.2, -0.15) is 0 Å². The fourth-order valence-electron chi connectivity index (χ4n) is 3.07. The van der Waals surface area contributed by atoms with E-state index in [1.165, 1.54) is 7.11 Å². The van der Waals surface area contributed by atoms with Crippen molar-refractivity contribution >= 4 is 11.9 Å². The van der Waals surface area contributed by atoms with Crippen LogP contribution in [0.4, 0.5) is 0 Å². The molecule has 1 amide bonds. The van der Waals surface area contributed by atoms with Gasteiger partial charge in [-0.05, 0) is 26.3 Å². The van der Waals surface area contributed by atoms with Crippen molar-refractivity contribution in [3.8, 4) is 0 Å². The van der Waals surface area contributed by atoms with Crippen LogP contribution >= 0.6 is 0 Å². The maximum absolute atomic E-state index is 12.7. The summed E-state index contributed by atoms with van der Waals surface area (Å²) in [6, 6.07) is 0.0463. The smallest absolute Gasteiger partial charge is 0.307 e. The van der Waals surface area contributed by atoms with Crippen molar-refractivity contribution in [3.05, 3.63) is 0 Å². The number of methoxy groups -OCH3 is 1. The van der Waals surface area contributed by atoms with Crippen molar-refractivity contribution in [1.29, 1.82) is 0 Å². The van der Waals surface area contributed by atoms with Gasteiger partial charge in [0, 0.05) is 18.6 Å². The lowest BCUT2D eigenvalue weighted by atomic mass is 9.95. The van der Waals surface area contributed by atoms with Gasteiger partial charge in [0.15, 0.2) is 0 Å². The molecular weight excluding hydrogens is 260 g/mol. The first-order valence-corrected chi connectivity index (χ1v) is 7.29. The second kappa shape index (κ2) is 7.04. The summed E-state index contributed by atoms with van der Waals surface area (Å²) in [5.41, 5.74) is 0. The number of nitrogens with zero attached hydrogens (tertiary/aromatic N) is 1. The SMILES string of the molecule is CNC1COCC1C(=O)N1CCCCC1CC(=O)OC. The summed E-state index contributed by atoms with van der Waals surface area (Å²) < 4.78 is 10.1. The largest absolute Gasteiger partial charge is 0.469 e. The molecule has 0 saturated carbocycles. The molecule has 20 heavy (non-hydrogen) atoms. The Morgan fingerprint density at radius 2 is 2.15 bits per heavy atom. The quantitative estimate of drug-likeness (QED) is 0.745. The molecule has 2 heterocycles. The van der Waals surface area contributed by atoms with Crippen molar-refractivity contribution < 1.29 is 19.1 Å². The van der Waals surface area contributed by atoms with Crippen molar-refractivity contribution in [2.75, 3.05) is 33.9 Å². The fraction of sp³-hybridized carbons (Fsp3) is 0.857. The van der Waals surface area contributed by atoms with Crippen LogP contribution in [-0.2, 0) is 19.1 Å². The number of likely N-dealkylation sites (tertiary alicyclic amines) is 1. The molecule has 0 aromatic rings. The minimum absolute atomic E-state index is 0.0261. The Kier molecular flexibility index (Phi) is 5.37. The number of esters is 1. The first-order chi connectivity index (χ1) is 9.67. The van der Waals surface area contributed by atoms with Crippen molar-refractivity contribution in [3.63, 3.8) is 0 Å². The highest BCUT2D eigenvalue weighted by Gasteiger charge is 2.39. The Morgan fingerprint density at radius 3 is 2.85 bits per heavy atom. The fourth-order valence-corrected chi connectivity index (χ4v) is 3.07. The zero-order valence-electron chi connectivity index (χ0n) is 12.3. The summed E-state index contributed by atoms with van der Waals surface area (Å²) in [5, 5.41) is 3.14. The lowest BCUT2D eigenvalue weighted by Gasteiger charge is -2.37. The van der Waals surface area contributed by atoms with Crippen LogP contribution in [0, 0.1) is 5.92 Å². The van der Waals surface area contributed by atoms with Crippen LogP contribution < -0.4 is 5.32 Å². The molecule has 114 valence electrons. The number of likely N-dealkylation sites (N-methyl/N-ethyl adjacent to an activating group) is 1. The highest BCUT2D eigenvalue weighted by Crippen LogP contribution is 2.25. The molecule has 2 aliphatic heterocycles. The summed E-state index contributed by atoms with van der Waals surface area (Å²) in [7, 11) is 3.24. The van der Waals surface area contributed by atoms with E-state index in [9.17, 15) is 9.59 Å². The van der Waals surface area contributed by atoms with Gasteiger partial charge in [-0.1, -0.05) is 0 Å². The van der Waals surface area contributed by atoms with Crippen molar-refractivity contribution in [2.45, 2.75) is 37.8 Å². The Bertz CT molecular complexity index is 361. The number of nitrogens with one attached hydrogen (secondary N) is 1. The molecular formula is C14H24N2O4. The van der Waals surface area contributed by atoms with E-state index in [4.69, 9.17) is 9.47 Å². The topological polar surface area (TPSA) is 67.9 Å². The molecule has 6 heteroatoms. The lowest BCUT2D eigenvalue weighted by molar-refractivity contribution is -0.146. The second-order valence-electron chi connectivity index (χ2n) is 5.50. The molecule has 0 aromatic heterocycles. The number of rotatable bonds is 4. The van der Waals surface area contributed by atoms with Crippen LogP contribution in [0.3, 0.4) is 0 Å². The molecule has 0 radical (unpaired) electrons. The van der Waals surface area contributed by atoms with E-state index >= 15 is 0 Å². The monoisotopic (exact) mass is 284 g/mol. The van der Waals surface area contributed by atoms with E-state index in [0.29, 0.717) is 19.6 Å². The molecule has 2 aliphatic rings. The van der Waals surface area contributed by atoms with Gasteiger partial charge in [0.1, 0.15) is 0 Å². The summed E-state index contributed by atoms with van der Waals surface area (Å²) in [6.07, 6.45) is 3.22. The lowest BCUT2D eigenvalue weighted by Crippen LogP contribution is -2.51. The summed E-state index contributed by atoms with van der Waals surface area (Å²) in [5.74, 6) is -0.281. The van der Waals surface area contributed by atoms with Gasteiger partial charge in [-0.25, -0.2) is 0 Å². The molecule has 2 fully saturated rings. The molecule has 0 bridgehead atoms. The van der Waals surface area contributed by atoms with E-state index in [-0.39, 0.29) is 29.9 Å². The van der Waals surface area contributed by atoms with Gasteiger partial charge in [0.05, 0.1) is 32.7 Å². The molecule has 0 spiro atoms. The molecule has 1 N–H and O–H groups in total. The summed E-state index contributed by atoms with van der Waals surface area (Å²) in [6.45, 7) is 1.77. The molecule has 3 unspecified atom stereocenters. The number of ether oxygens (including phenoxy) is 2. The summed E-state index contributed by atoms with van der Waals surface area (Å²) >= 11 is 0. The Balaban J connectivity index is 2.03. The van der Waals surface area contributed by atoms with E-state index in [0.717, 1.165) is 25.8 Å². The van der Waals surface area contributed by atoms with E-state index in [1.807, 2.05) is 11.9 Å². The zero-order chi connectivity index (χ0) is 14.5. The van der Waals surface area contributed by atoms with Crippen LogP contribution in [0.1, 0.15) is 25.7 Å². The number of amides is 1. The number of hydrogen-bond acceptors (Lipinski definition) is 5. The maximum atomic E-state index is 12.7. The van der Waals surface area contributed by atoms with Gasteiger partial charge in [0.2, 0.25) is 5.91 Å². The van der Waals surface area contributed by atoms with E-state index in [2.05, 4.69) is 5.32 Å². The summed E-state index contributed by atoms with van der Waals surface area (Å²) in [4.78, 5) is 26.1. The van der Waals surface area contributed by atoms with E-state index < -0.39 is 0 Å². The molecule has 0 aliphatic carbocycles. The second-order valence-corrected chi connectivity index (χ2v) is 5.50. The maximum Gasteiger partial charge on any atom is 0.307 e. The Hall–Kier alpha value is -1.14. The third-order valence-electron chi connectivity index (χ3n) is 4.31. The first-order valence-electron chi connectivity index (χ1n) is 7.29. The minimum atomic E-state index is -0.248. The molecule has 3 atom stereocenters. The Morgan fingerprint density at radius 1 is 1.35 bits per heavy atom. The van der Waals surface area contributed by atoms with Gasteiger partial charge in [0.25, 0.3) is 0 Å². The van der Waals surface area contributed by atoms with Crippen LogP contribution in [0.5, 0.6) is 0 Å². The third-order valence-corrected chi connectivity index (χ3v) is 4.31. The average molecular weight is 284 g/mol. The predicted molar refractivity (Wildman–Crippen MR) is 73.1 cm³/mol. The normalized spacial score (nSPS) is 30.3. The average Bonchev–Trinajstić information content (AvgIpc) is 2.95. The minimum Gasteiger partial charge on any atom is -0.469 e. The van der Waals surface area contributed by atoms with E-state index in [1.54, 1.807) is 0 Å². The van der Waals surface area contributed by atoms with Crippen LogP contribution in [0.2, 0.25) is 0 Å². The van der Waals surface area contributed by atoms with Crippen LogP contribution in [0.25, 0.3) is 0 Å². The number of hydrogen-bond donors (Lipinski definition) is 1. The molecule has 2 rings (SSSR count). The van der Waals surface area contributed by atoms with Gasteiger partial charge in [-0.3, -0.25) is 9.59 Å². The van der Waals surface area contributed by atoms with Crippen LogP contribution in [-0.4, -0.2) is 62.8 Å². The molecule has 6 nitrogen and oxygen atoms in total. The van der Waals surface area contributed by atoms with Gasteiger partial charge in [-0.15, -0.1) is 0 Å². The Labute approximate surface area is 119 Å². The number of piperidine rings is 1. The third kappa shape index (κ3) is 3.30. The first kappa shape index (κ1) is 15.3. The van der Waals surface area contributed by atoms with Crippen LogP contribution in [0.15, 0.2) is 0 Å². The van der Waals surface area contributed by atoms with Gasteiger partial charge < -0.3 is 19.7 Å². The number of carbonyl (C=O) groups excluding carboxylic acids is 2. The van der Waals surface area contributed by atoms with Crippen molar-refractivity contribution in [2.24, 2.45) is 5.92 Å². The zero-order valence-corrected chi connectivity index (χ0v) is 12.3. The standard InChI is InChI=1S/C14H24N2O4/c1-15-12-9-20-8-11(12)14(18)16-6-4-3-5-10(16)7-13(17)19-2/h10-12,15H,3-9H2,1-2H3. The van der Waals surface area contributed by atoms with Crippen molar-refractivity contribution in [1.82, 2.24) is 10.2 Å². The van der Waals surface area contributed by atoms with Gasteiger partial charge >= 0.3 is 5.97 Å². The highest BCUT2D eigenvalue weighted by atomic mass is 16.5. The number of carbonyl (C=O) groups is 2. The highest BCUT2D eigenvalue weighted by molar-refractivity contribution is 5.81. The molecule has 0 aromatic carbocycles. The molecule has 2 saturated heterocycles. The predicted octanol–water partition coefficient (Wildman–Crippen LogP) is 0.165.